The molecule has 3 fully saturated rings. The molecule has 66 heavy (non-hydrogen) atoms. The Bertz CT molecular complexity index is 2330. The van der Waals surface area contributed by atoms with Crippen molar-refractivity contribution in [1.82, 2.24) is 0 Å². The van der Waals surface area contributed by atoms with Crippen molar-refractivity contribution in [3.8, 4) is 0 Å². The summed E-state index contributed by atoms with van der Waals surface area (Å²) in [6.45, 7) is 13.4. The predicted octanol–water partition coefficient (Wildman–Crippen LogP) is 7.89. The standard InChI is InChI=1S/C50H60O15Si/c1-9-66(10-2,11-3)65-37-26-38-49(29-60-38,64-31(5)51)42-44(63-45(55)33-21-16-13-17-22-33)50(57)27-36(61-39(53)25-34(52)35-23-18-24-58-35)30(4)40(47(50,6)7)41(43(54)48(37,42)8)62-46(56)59-28-32-19-14-12-15-20-32/h12-24,36-38,41-42,44,57H,9-11,25-29H2,1-8H3/t36-,37-,38+,41+,42-,44-,48+,49-,50+/m0/s1. The van der Waals surface area contributed by atoms with Gasteiger partial charge in [-0.25, -0.2) is 9.59 Å². The van der Waals surface area contributed by atoms with Crippen molar-refractivity contribution in [2.75, 3.05) is 6.61 Å². The van der Waals surface area contributed by atoms with Crippen LogP contribution in [0.2, 0.25) is 18.1 Å². The van der Waals surface area contributed by atoms with E-state index in [4.69, 9.17) is 37.3 Å². The largest absolute Gasteiger partial charge is 0.509 e. The molecule has 16 heteroatoms. The zero-order chi connectivity index (χ0) is 47.8. The average Bonchev–Trinajstić information content (AvgIpc) is 3.84. The number of carbonyl (C=O) groups excluding carboxylic acids is 6. The molecule has 1 aromatic heterocycles. The lowest BCUT2D eigenvalue weighted by Gasteiger charge is -2.68. The third-order valence-corrected chi connectivity index (χ3v) is 19.6. The molecule has 2 bridgehead atoms. The molecule has 0 radical (unpaired) electrons. The number of rotatable bonds is 15. The van der Waals surface area contributed by atoms with Gasteiger partial charge < -0.3 is 42.4 Å². The summed E-state index contributed by atoms with van der Waals surface area (Å²) in [5.41, 5.74) is -6.47. The van der Waals surface area contributed by atoms with Gasteiger partial charge in [0.1, 0.15) is 36.9 Å². The highest BCUT2D eigenvalue weighted by molar-refractivity contribution is 6.73. The Labute approximate surface area is 385 Å². The molecular weight excluding hydrogens is 869 g/mol. The van der Waals surface area contributed by atoms with Crippen LogP contribution in [0.3, 0.4) is 0 Å². The third kappa shape index (κ3) is 8.45. The van der Waals surface area contributed by atoms with E-state index < -0.39 is 115 Å². The SMILES string of the molecule is CC[Si](CC)(CC)O[C@H]1C[C@H]2OC[C@@]2(OC(C)=O)[C@H]2[C@H](OC(=O)c3ccccc3)[C@]3(O)C[C@H](OC(=O)CC(=O)c4ccco4)C(C)=C([C@@H](OC(=O)OCc4ccccc4)C(=O)[C@]12C)C3(C)C. The van der Waals surface area contributed by atoms with Gasteiger partial charge in [0.2, 0.25) is 5.78 Å². The van der Waals surface area contributed by atoms with Crippen molar-refractivity contribution >= 4 is 43.9 Å². The van der Waals surface area contributed by atoms with Crippen molar-refractivity contribution in [2.45, 2.75) is 141 Å². The molecule has 1 aliphatic heterocycles. The van der Waals surface area contributed by atoms with Gasteiger partial charge >= 0.3 is 24.1 Å². The van der Waals surface area contributed by atoms with E-state index in [9.17, 15) is 29.1 Å². The first-order chi connectivity index (χ1) is 31.3. The smallest absolute Gasteiger partial charge is 0.461 e. The summed E-state index contributed by atoms with van der Waals surface area (Å²) in [5, 5.41) is 14.0. The van der Waals surface area contributed by atoms with E-state index >= 15 is 4.79 Å². The first kappa shape index (κ1) is 48.5. The summed E-state index contributed by atoms with van der Waals surface area (Å²) in [7, 11) is -2.66. The van der Waals surface area contributed by atoms with E-state index in [1.54, 1.807) is 82.3 Å². The van der Waals surface area contributed by atoms with Gasteiger partial charge in [-0.1, -0.05) is 83.1 Å². The lowest BCUT2D eigenvalue weighted by atomic mass is 9.44. The van der Waals surface area contributed by atoms with E-state index in [0.717, 1.165) is 0 Å². The molecule has 3 aliphatic carbocycles. The molecule has 0 spiro atoms. The van der Waals surface area contributed by atoms with Gasteiger partial charge in [-0.3, -0.25) is 19.2 Å². The van der Waals surface area contributed by atoms with Gasteiger partial charge in [0, 0.05) is 25.2 Å². The Morgan fingerprint density at radius 3 is 2.09 bits per heavy atom. The molecule has 9 atom stereocenters. The van der Waals surface area contributed by atoms with Crippen molar-refractivity contribution in [3.63, 3.8) is 0 Å². The fraction of sp³-hybridized carbons (Fsp3) is 0.520. The summed E-state index contributed by atoms with van der Waals surface area (Å²) in [6.07, 6.45) is -7.88. The maximum absolute atomic E-state index is 16.5. The molecule has 2 heterocycles. The number of ketones is 2. The summed E-state index contributed by atoms with van der Waals surface area (Å²) in [4.78, 5) is 85.4. The number of benzene rings is 2. The number of furan rings is 1. The van der Waals surface area contributed by atoms with E-state index in [0.29, 0.717) is 23.7 Å². The Kier molecular flexibility index (Phi) is 13.7. The molecule has 3 aromatic rings. The van der Waals surface area contributed by atoms with Crippen molar-refractivity contribution in [2.24, 2.45) is 16.7 Å². The van der Waals surface area contributed by atoms with Crippen molar-refractivity contribution < 1.29 is 71.1 Å². The molecule has 1 saturated heterocycles. The zero-order valence-corrected chi connectivity index (χ0v) is 39.8. The van der Waals surface area contributed by atoms with Gasteiger partial charge in [-0.15, -0.1) is 0 Å². The quantitative estimate of drug-likeness (QED) is 0.0385. The van der Waals surface area contributed by atoms with Crippen LogP contribution in [0.4, 0.5) is 4.79 Å². The maximum Gasteiger partial charge on any atom is 0.509 e. The second-order valence-corrected chi connectivity index (χ2v) is 23.4. The second-order valence-electron chi connectivity index (χ2n) is 18.7. The molecule has 354 valence electrons. The molecule has 2 saturated carbocycles. The number of aliphatic hydroxyl groups is 1. The van der Waals surface area contributed by atoms with E-state index in [1.165, 1.54) is 25.3 Å². The fourth-order valence-electron chi connectivity index (χ4n) is 11.0. The zero-order valence-electron chi connectivity index (χ0n) is 38.8. The second kappa shape index (κ2) is 18.7. The predicted molar refractivity (Wildman–Crippen MR) is 238 cm³/mol. The van der Waals surface area contributed by atoms with Crippen LogP contribution in [0.15, 0.2) is 94.6 Å². The highest BCUT2D eigenvalue weighted by Crippen LogP contribution is 2.65. The molecule has 0 amide bonds. The summed E-state index contributed by atoms with van der Waals surface area (Å²) in [6, 6.07) is 21.9. The number of hydrogen-bond donors (Lipinski definition) is 1. The molecule has 4 aliphatic rings. The summed E-state index contributed by atoms with van der Waals surface area (Å²) < 4.78 is 49.7. The number of hydrogen-bond acceptors (Lipinski definition) is 15. The van der Waals surface area contributed by atoms with Crippen LogP contribution in [-0.4, -0.2) is 97.4 Å². The normalized spacial score (nSPS) is 30.0. The molecule has 0 unspecified atom stereocenters. The Morgan fingerprint density at radius 1 is 0.864 bits per heavy atom. The van der Waals surface area contributed by atoms with Gasteiger partial charge in [-0.2, -0.15) is 0 Å². The first-order valence-electron chi connectivity index (χ1n) is 22.7. The minimum absolute atomic E-state index is 0.0609. The topological polar surface area (TPSA) is 200 Å². The Balaban J connectivity index is 1.47. The molecule has 15 nitrogen and oxygen atoms in total. The average molecular weight is 929 g/mol. The Morgan fingerprint density at radius 2 is 1.52 bits per heavy atom. The lowest BCUT2D eigenvalue weighted by Crippen LogP contribution is -2.82. The van der Waals surface area contributed by atoms with Crippen LogP contribution >= 0.6 is 0 Å². The lowest BCUT2D eigenvalue weighted by molar-refractivity contribution is -0.344. The van der Waals surface area contributed by atoms with Gasteiger partial charge in [-0.05, 0) is 73.0 Å². The van der Waals surface area contributed by atoms with E-state index in [-0.39, 0.29) is 42.1 Å². The van der Waals surface area contributed by atoms with Crippen molar-refractivity contribution in [3.05, 3.63) is 107 Å². The minimum atomic E-state index is -2.66. The molecule has 7 rings (SSSR count). The van der Waals surface area contributed by atoms with E-state index in [1.807, 2.05) is 26.8 Å². The highest BCUT2D eigenvalue weighted by atomic mass is 28.4. The minimum Gasteiger partial charge on any atom is -0.461 e. The Hall–Kier alpha value is -5.42. The van der Waals surface area contributed by atoms with Crippen LogP contribution in [0.5, 0.6) is 0 Å². The maximum atomic E-state index is 16.5. The highest BCUT2D eigenvalue weighted by Gasteiger charge is 2.79. The third-order valence-electron chi connectivity index (χ3n) is 15.0. The van der Waals surface area contributed by atoms with Gasteiger partial charge in [0.15, 0.2) is 31.6 Å². The first-order valence-corrected chi connectivity index (χ1v) is 25.2. The molecular formula is C50H60O15Si. The number of Topliss-reactive ketones (excluding diaryl/α,β-unsaturated/α-hetero) is 2. The number of esters is 3. The van der Waals surface area contributed by atoms with Gasteiger partial charge in [0.25, 0.3) is 0 Å². The van der Waals surface area contributed by atoms with Crippen LogP contribution < -0.4 is 0 Å². The number of ether oxygens (including phenoxy) is 6. The number of carbonyl (C=O) groups is 6. The van der Waals surface area contributed by atoms with Crippen LogP contribution in [0.1, 0.15) is 101 Å². The van der Waals surface area contributed by atoms with Crippen LogP contribution in [0, 0.1) is 16.7 Å². The van der Waals surface area contributed by atoms with Gasteiger partial charge in [0.05, 0.1) is 35.9 Å². The van der Waals surface area contributed by atoms with E-state index in [2.05, 4.69) is 0 Å². The molecule has 1 N–H and O–H groups in total. The summed E-state index contributed by atoms with van der Waals surface area (Å²) >= 11 is 0. The molecule has 2 aromatic carbocycles. The van der Waals surface area contributed by atoms with Crippen molar-refractivity contribution in [1.29, 1.82) is 0 Å². The number of fused-ring (bicyclic) bond motifs is 5. The fourth-order valence-corrected chi connectivity index (χ4v) is 14.0. The van der Waals surface area contributed by atoms with Crippen LogP contribution in [0.25, 0.3) is 0 Å². The summed E-state index contributed by atoms with van der Waals surface area (Å²) in [5.74, 6) is -5.44. The van der Waals surface area contributed by atoms with Crippen LogP contribution in [-0.2, 0) is 53.8 Å². The monoisotopic (exact) mass is 928 g/mol.